The summed E-state index contributed by atoms with van der Waals surface area (Å²) in [6.45, 7) is 0. The molecule has 72 heavy (non-hydrogen) atoms. The fourth-order valence-corrected chi connectivity index (χ4v) is 10.6. The van der Waals surface area contributed by atoms with E-state index in [1.165, 1.54) is 0 Å². The van der Waals surface area contributed by atoms with Crippen LogP contribution in [0.1, 0.15) is 0 Å². The minimum atomic E-state index is 0.735. The van der Waals surface area contributed by atoms with E-state index in [0.717, 1.165) is 155 Å². The summed E-state index contributed by atoms with van der Waals surface area (Å²) in [4.78, 5) is 30.2. The van der Waals surface area contributed by atoms with E-state index in [2.05, 4.69) is 132 Å². The van der Waals surface area contributed by atoms with E-state index in [1.54, 1.807) is 0 Å². The van der Waals surface area contributed by atoms with Crippen LogP contribution in [0.5, 0.6) is 0 Å². The van der Waals surface area contributed by atoms with Crippen LogP contribution in [0.25, 0.3) is 155 Å². The molecule has 334 valence electrons. The number of furan rings is 2. The van der Waals surface area contributed by atoms with Crippen LogP contribution >= 0.6 is 0 Å². The molecule has 0 radical (unpaired) electrons. The summed E-state index contributed by atoms with van der Waals surface area (Å²) < 4.78 is 13.4. The van der Waals surface area contributed by atoms with Crippen LogP contribution in [-0.4, -0.2) is 29.9 Å². The van der Waals surface area contributed by atoms with Crippen molar-refractivity contribution in [1.82, 2.24) is 29.9 Å². The van der Waals surface area contributed by atoms with Crippen LogP contribution in [0.4, 0.5) is 0 Å². The van der Waals surface area contributed by atoms with E-state index in [9.17, 15) is 0 Å². The molecule has 0 spiro atoms. The van der Waals surface area contributed by atoms with Gasteiger partial charge in [0.15, 0.2) is 11.2 Å². The normalized spacial score (nSPS) is 11.9. The Morgan fingerprint density at radius 1 is 0.306 bits per heavy atom. The summed E-state index contributed by atoms with van der Waals surface area (Å²) in [7, 11) is 0. The molecule has 15 aromatic rings. The molecule has 0 bridgehead atoms. The lowest BCUT2D eigenvalue weighted by Crippen LogP contribution is -1.92. The van der Waals surface area contributed by atoms with Gasteiger partial charge in [0.25, 0.3) is 0 Å². The van der Waals surface area contributed by atoms with Gasteiger partial charge in [-0.05, 0) is 89.0 Å². The Labute approximate surface area is 410 Å². The number of aromatic nitrogens is 6. The lowest BCUT2D eigenvalue weighted by molar-refractivity contribution is 0.669. The van der Waals surface area contributed by atoms with Gasteiger partial charge in [-0.2, -0.15) is 0 Å². The van der Waals surface area contributed by atoms with Gasteiger partial charge in [-0.15, -0.1) is 0 Å². The maximum absolute atomic E-state index is 6.87. The smallest absolute Gasteiger partial charge is 0.162 e. The third-order valence-corrected chi connectivity index (χ3v) is 14.0. The number of pyridine rings is 6. The van der Waals surface area contributed by atoms with Crippen molar-refractivity contribution in [3.8, 4) is 67.3 Å². The van der Waals surface area contributed by atoms with Crippen LogP contribution in [0.15, 0.2) is 227 Å². The van der Waals surface area contributed by atoms with Crippen molar-refractivity contribution in [2.45, 2.75) is 0 Å². The summed E-state index contributed by atoms with van der Waals surface area (Å²) in [6, 6.07) is 70.6. The minimum absolute atomic E-state index is 0.735. The van der Waals surface area contributed by atoms with Gasteiger partial charge in [-0.25, -0.2) is 19.9 Å². The molecule has 0 atom stereocenters. The van der Waals surface area contributed by atoms with Crippen LogP contribution in [-0.2, 0) is 0 Å². The first kappa shape index (κ1) is 40.0. The van der Waals surface area contributed by atoms with Crippen molar-refractivity contribution in [2.24, 2.45) is 0 Å². The second-order valence-electron chi connectivity index (χ2n) is 18.1. The Morgan fingerprint density at radius 3 is 1.65 bits per heavy atom. The molecule has 0 saturated carbocycles. The largest absolute Gasteiger partial charge is 0.454 e. The summed E-state index contributed by atoms with van der Waals surface area (Å²) in [6.07, 6.45) is 3.68. The minimum Gasteiger partial charge on any atom is -0.454 e. The highest BCUT2D eigenvalue weighted by Crippen LogP contribution is 2.44. The Bertz CT molecular complexity index is 4690. The van der Waals surface area contributed by atoms with E-state index in [-0.39, 0.29) is 0 Å². The van der Waals surface area contributed by atoms with E-state index in [1.807, 2.05) is 91.3 Å². The second-order valence-corrected chi connectivity index (χ2v) is 18.1. The molecule has 0 aliphatic heterocycles. The molecule has 0 saturated heterocycles. The van der Waals surface area contributed by atoms with Gasteiger partial charge in [0, 0.05) is 61.6 Å². The van der Waals surface area contributed by atoms with Crippen molar-refractivity contribution in [1.29, 1.82) is 0 Å². The average molecular weight is 921 g/mol. The zero-order chi connectivity index (χ0) is 47.3. The van der Waals surface area contributed by atoms with Crippen molar-refractivity contribution in [2.75, 3.05) is 0 Å². The van der Waals surface area contributed by atoms with Gasteiger partial charge < -0.3 is 8.83 Å². The first-order valence-corrected chi connectivity index (χ1v) is 23.9. The van der Waals surface area contributed by atoms with Gasteiger partial charge in [-0.1, -0.05) is 140 Å². The lowest BCUT2D eigenvalue weighted by Gasteiger charge is -2.10. The number of benzene rings is 7. The Kier molecular flexibility index (Phi) is 8.79. The molecular weight excluding hydrogens is 885 g/mol. The maximum Gasteiger partial charge on any atom is 0.162 e. The molecule has 0 aliphatic rings. The number of hydrogen-bond acceptors (Lipinski definition) is 8. The summed E-state index contributed by atoms with van der Waals surface area (Å²) in [5, 5.41) is 6.13. The number of hydrogen-bond donors (Lipinski definition) is 0. The van der Waals surface area contributed by atoms with Gasteiger partial charge in [0.05, 0.1) is 50.2 Å². The van der Waals surface area contributed by atoms with Crippen LogP contribution in [0.3, 0.4) is 0 Å². The third-order valence-electron chi connectivity index (χ3n) is 14.0. The van der Waals surface area contributed by atoms with Crippen molar-refractivity contribution >= 4 is 87.7 Å². The summed E-state index contributed by atoms with van der Waals surface area (Å²) >= 11 is 0. The van der Waals surface area contributed by atoms with Crippen molar-refractivity contribution in [3.63, 3.8) is 0 Å². The average Bonchev–Trinajstić information content (AvgIpc) is 4.02. The first-order valence-electron chi connectivity index (χ1n) is 23.9. The molecule has 8 heteroatoms. The molecule has 0 fully saturated rings. The number of fused-ring (bicyclic) bond motifs is 11. The van der Waals surface area contributed by atoms with Crippen LogP contribution < -0.4 is 0 Å². The Balaban J connectivity index is 0.790. The molecule has 8 aromatic heterocycles. The zero-order valence-corrected chi connectivity index (χ0v) is 38.3. The predicted molar refractivity (Wildman–Crippen MR) is 290 cm³/mol. The molecule has 0 N–H and O–H groups in total. The molecule has 8 nitrogen and oxygen atoms in total. The number of nitrogens with zero attached hydrogens (tertiary/aromatic N) is 6. The van der Waals surface area contributed by atoms with Crippen molar-refractivity contribution in [3.05, 3.63) is 219 Å². The highest BCUT2D eigenvalue weighted by atomic mass is 16.3. The second kappa shape index (κ2) is 15.8. The predicted octanol–water partition coefficient (Wildman–Crippen LogP) is 16.5. The summed E-state index contributed by atoms with van der Waals surface area (Å²) in [5.74, 6) is 0. The SMILES string of the molecule is c1cc(-c2ccc(-c3c4ccccc4nc4c3oc3ccccc34)cc2)nc(-c2cc(-c3cccc4oc5c(-c6ccc(-c7ccc8ccc9cccnc9c8n7)cc6)c6ccccc6nc5c34)ccn2)c1. The molecule has 0 amide bonds. The molecule has 7 aromatic carbocycles. The molecule has 0 unspecified atom stereocenters. The molecular formula is C64H36N6O2. The van der Waals surface area contributed by atoms with Gasteiger partial charge in [-0.3, -0.25) is 9.97 Å². The fourth-order valence-electron chi connectivity index (χ4n) is 10.6. The van der Waals surface area contributed by atoms with Gasteiger partial charge in [0.1, 0.15) is 22.2 Å². The number of rotatable bonds is 6. The highest BCUT2D eigenvalue weighted by Gasteiger charge is 2.22. The standard InChI is InChI=1S/C64H36N6O2/c1-4-15-50-45(11-1)56(63-61(69-50)47-13-3-6-19-54(47)71-63)39-25-21-37(22-26-39)48-17-8-18-52(67-48)53-36-43(33-35-65-53)44-14-7-20-55-58(44)62-64(72-55)57(46-12-2-5-16-51(46)70-62)40-27-23-38(24-28-40)49-32-31-42-30-29-41-10-9-34-66-59(41)60(42)68-49/h1-36H. The lowest BCUT2D eigenvalue weighted by atomic mass is 9.96. The fraction of sp³-hybridized carbons (Fsp3) is 0. The topological polar surface area (TPSA) is 104 Å². The number of para-hydroxylation sites is 3. The quantitative estimate of drug-likeness (QED) is 0.152. The highest BCUT2D eigenvalue weighted by molar-refractivity contribution is 6.19. The van der Waals surface area contributed by atoms with E-state index in [4.69, 9.17) is 33.8 Å². The monoisotopic (exact) mass is 920 g/mol. The Morgan fingerprint density at radius 2 is 0.889 bits per heavy atom. The summed E-state index contributed by atoms with van der Waals surface area (Å²) in [5.41, 5.74) is 19.7. The van der Waals surface area contributed by atoms with Crippen molar-refractivity contribution < 1.29 is 8.83 Å². The van der Waals surface area contributed by atoms with Gasteiger partial charge in [0.2, 0.25) is 0 Å². The van der Waals surface area contributed by atoms with Crippen LogP contribution in [0, 0.1) is 0 Å². The third kappa shape index (κ3) is 6.33. The Hall–Kier alpha value is -9.92. The van der Waals surface area contributed by atoms with E-state index >= 15 is 0 Å². The van der Waals surface area contributed by atoms with Crippen LogP contribution in [0.2, 0.25) is 0 Å². The van der Waals surface area contributed by atoms with Gasteiger partial charge >= 0.3 is 0 Å². The molecule has 8 heterocycles. The molecule has 15 rings (SSSR count). The van der Waals surface area contributed by atoms with E-state index in [0.29, 0.717) is 0 Å². The molecule has 0 aliphatic carbocycles. The first-order chi connectivity index (χ1) is 35.7. The maximum atomic E-state index is 6.87. The van der Waals surface area contributed by atoms with E-state index < -0.39 is 0 Å². The zero-order valence-electron chi connectivity index (χ0n) is 38.3.